The lowest BCUT2D eigenvalue weighted by Crippen LogP contribution is -2.33. The van der Waals surface area contributed by atoms with E-state index in [9.17, 15) is 22.4 Å². The van der Waals surface area contributed by atoms with Crippen LogP contribution in [0.1, 0.15) is 12.0 Å². The molecule has 0 radical (unpaired) electrons. The average Bonchev–Trinajstić information content (AvgIpc) is 2.96. The van der Waals surface area contributed by atoms with Gasteiger partial charge in [-0.2, -0.15) is 13.2 Å². The molecule has 0 bridgehead atoms. The molecule has 0 unspecified atom stereocenters. The fourth-order valence-corrected chi connectivity index (χ4v) is 2.86. The number of amides is 1. The Labute approximate surface area is 147 Å². The molecule has 7 heteroatoms. The molecule has 136 valence electrons. The molecule has 0 spiro atoms. The second-order valence-electron chi connectivity index (χ2n) is 5.93. The molecule has 0 aliphatic heterocycles. The first-order valence-electron chi connectivity index (χ1n) is 8.02. The number of benzene rings is 2. The third-order valence-electron chi connectivity index (χ3n) is 4.02. The van der Waals surface area contributed by atoms with Crippen LogP contribution >= 0.6 is 0 Å². The summed E-state index contributed by atoms with van der Waals surface area (Å²) in [6.45, 7) is -1.36. The number of aromatic amines is 1. The first-order valence-corrected chi connectivity index (χ1v) is 8.02. The summed E-state index contributed by atoms with van der Waals surface area (Å²) in [7, 11) is 0. The lowest BCUT2D eigenvalue weighted by Gasteiger charge is -2.09. The summed E-state index contributed by atoms with van der Waals surface area (Å²) in [5.41, 5.74) is 2.99. The largest absolute Gasteiger partial charge is 0.405 e. The molecule has 0 fully saturated rings. The summed E-state index contributed by atoms with van der Waals surface area (Å²) >= 11 is 0. The molecule has 3 nitrogen and oxygen atoms in total. The minimum atomic E-state index is -4.45. The molecule has 3 rings (SSSR count). The average molecular weight is 364 g/mol. The van der Waals surface area contributed by atoms with E-state index in [1.54, 1.807) is 6.07 Å². The number of hydrogen-bond acceptors (Lipinski definition) is 1. The number of nitrogens with one attached hydrogen (secondary N) is 2. The Balaban J connectivity index is 1.88. The van der Waals surface area contributed by atoms with Crippen LogP contribution in [0, 0.1) is 5.82 Å². The van der Waals surface area contributed by atoms with Crippen LogP contribution in [0.4, 0.5) is 17.6 Å². The Kier molecular flexibility index (Phi) is 4.97. The summed E-state index contributed by atoms with van der Waals surface area (Å²) in [6.07, 6.45) is -4.38. The second-order valence-corrected chi connectivity index (χ2v) is 5.93. The monoisotopic (exact) mass is 364 g/mol. The van der Waals surface area contributed by atoms with Crippen molar-refractivity contribution in [2.45, 2.75) is 19.0 Å². The normalized spacial score (nSPS) is 11.7. The van der Waals surface area contributed by atoms with E-state index in [0.717, 1.165) is 11.3 Å². The molecule has 0 saturated heterocycles. The van der Waals surface area contributed by atoms with Crippen molar-refractivity contribution in [3.05, 3.63) is 59.9 Å². The lowest BCUT2D eigenvalue weighted by molar-refractivity contribution is -0.138. The van der Waals surface area contributed by atoms with Crippen molar-refractivity contribution in [2.24, 2.45) is 0 Å². The van der Waals surface area contributed by atoms with Gasteiger partial charge in [0.05, 0.1) is 0 Å². The lowest BCUT2D eigenvalue weighted by atomic mass is 10.0. The minimum Gasteiger partial charge on any atom is -0.354 e. The Hall–Kier alpha value is -2.83. The van der Waals surface area contributed by atoms with Crippen molar-refractivity contribution >= 4 is 16.8 Å². The molecule has 0 atom stereocenters. The Morgan fingerprint density at radius 1 is 1.08 bits per heavy atom. The van der Waals surface area contributed by atoms with Crippen LogP contribution in [-0.2, 0) is 11.2 Å². The van der Waals surface area contributed by atoms with E-state index < -0.39 is 24.4 Å². The van der Waals surface area contributed by atoms with Crippen LogP contribution in [-0.4, -0.2) is 23.6 Å². The van der Waals surface area contributed by atoms with Crippen LogP contribution in [0.5, 0.6) is 0 Å². The number of aromatic nitrogens is 1. The highest BCUT2D eigenvalue weighted by molar-refractivity contribution is 5.91. The van der Waals surface area contributed by atoms with Gasteiger partial charge in [0, 0.05) is 23.0 Å². The van der Waals surface area contributed by atoms with Crippen LogP contribution in [0.25, 0.3) is 22.2 Å². The van der Waals surface area contributed by atoms with Gasteiger partial charge in [-0.3, -0.25) is 4.79 Å². The topological polar surface area (TPSA) is 44.9 Å². The summed E-state index contributed by atoms with van der Waals surface area (Å²) in [4.78, 5) is 14.9. The number of hydrogen-bond donors (Lipinski definition) is 2. The van der Waals surface area contributed by atoms with Crippen LogP contribution in [0.3, 0.4) is 0 Å². The zero-order chi connectivity index (χ0) is 18.7. The first-order chi connectivity index (χ1) is 12.3. The summed E-state index contributed by atoms with van der Waals surface area (Å²) in [5, 5.41) is 2.47. The van der Waals surface area contributed by atoms with Gasteiger partial charge in [0.25, 0.3) is 0 Å². The van der Waals surface area contributed by atoms with Crippen molar-refractivity contribution in [3.8, 4) is 11.3 Å². The van der Waals surface area contributed by atoms with E-state index in [1.807, 2.05) is 35.6 Å². The number of alkyl halides is 3. The first kappa shape index (κ1) is 18.0. The molecule has 0 aliphatic carbocycles. The van der Waals surface area contributed by atoms with Crippen LogP contribution < -0.4 is 5.32 Å². The SMILES string of the molecule is O=C(CCc1c(-c2ccccc2)[nH]c2ccc(F)cc12)NCC(F)(F)F. The fraction of sp³-hybridized carbons (Fsp3) is 0.211. The van der Waals surface area contributed by atoms with Gasteiger partial charge in [0.1, 0.15) is 12.4 Å². The van der Waals surface area contributed by atoms with Crippen molar-refractivity contribution < 1.29 is 22.4 Å². The van der Waals surface area contributed by atoms with Gasteiger partial charge >= 0.3 is 6.18 Å². The molecule has 26 heavy (non-hydrogen) atoms. The number of aryl methyl sites for hydroxylation is 1. The zero-order valence-electron chi connectivity index (χ0n) is 13.7. The predicted octanol–water partition coefficient (Wildman–Crippen LogP) is 4.59. The molecular formula is C19H16F4N2O. The smallest absolute Gasteiger partial charge is 0.354 e. The standard InChI is InChI=1S/C19H16F4N2O/c20-13-6-8-16-15(10-13)14(7-9-17(26)24-11-19(21,22)23)18(25-16)12-4-2-1-3-5-12/h1-6,8,10,25H,7,9,11H2,(H,24,26). The third-order valence-corrected chi connectivity index (χ3v) is 4.02. The highest BCUT2D eigenvalue weighted by Gasteiger charge is 2.27. The summed E-state index contributed by atoms with van der Waals surface area (Å²) in [5.74, 6) is -1.12. The van der Waals surface area contributed by atoms with E-state index in [2.05, 4.69) is 4.98 Å². The minimum absolute atomic E-state index is 0.126. The van der Waals surface area contributed by atoms with E-state index in [1.165, 1.54) is 12.1 Å². The molecule has 3 aromatic rings. The summed E-state index contributed by atoms with van der Waals surface area (Å²) < 4.78 is 50.3. The van der Waals surface area contributed by atoms with Crippen LogP contribution in [0.15, 0.2) is 48.5 Å². The maximum atomic E-state index is 13.7. The summed E-state index contributed by atoms with van der Waals surface area (Å²) in [6, 6.07) is 13.6. The van der Waals surface area contributed by atoms with Crippen LogP contribution in [0.2, 0.25) is 0 Å². The molecule has 2 aromatic carbocycles. The number of carbonyl (C=O) groups is 1. The maximum absolute atomic E-state index is 13.7. The van der Waals surface area contributed by atoms with Crippen molar-refractivity contribution in [3.63, 3.8) is 0 Å². The zero-order valence-corrected chi connectivity index (χ0v) is 13.7. The van der Waals surface area contributed by atoms with E-state index in [-0.39, 0.29) is 12.8 Å². The molecule has 0 aliphatic rings. The van der Waals surface area contributed by atoms with E-state index >= 15 is 0 Å². The molecule has 0 saturated carbocycles. The molecule has 1 aromatic heterocycles. The maximum Gasteiger partial charge on any atom is 0.405 e. The predicted molar refractivity (Wildman–Crippen MR) is 91.1 cm³/mol. The van der Waals surface area contributed by atoms with E-state index in [0.29, 0.717) is 16.5 Å². The Morgan fingerprint density at radius 2 is 1.81 bits per heavy atom. The van der Waals surface area contributed by atoms with Crippen molar-refractivity contribution in [1.82, 2.24) is 10.3 Å². The molecule has 2 N–H and O–H groups in total. The molecular weight excluding hydrogens is 348 g/mol. The fourth-order valence-electron chi connectivity index (χ4n) is 2.86. The number of H-pyrrole nitrogens is 1. The van der Waals surface area contributed by atoms with Gasteiger partial charge in [0.15, 0.2) is 0 Å². The highest BCUT2D eigenvalue weighted by atomic mass is 19.4. The second kappa shape index (κ2) is 7.19. The van der Waals surface area contributed by atoms with Gasteiger partial charge in [-0.1, -0.05) is 30.3 Å². The Morgan fingerprint density at radius 3 is 2.50 bits per heavy atom. The molecule has 1 heterocycles. The van der Waals surface area contributed by atoms with Gasteiger partial charge in [-0.05, 0) is 35.7 Å². The highest BCUT2D eigenvalue weighted by Crippen LogP contribution is 2.31. The van der Waals surface area contributed by atoms with Gasteiger partial charge in [0.2, 0.25) is 5.91 Å². The number of fused-ring (bicyclic) bond motifs is 1. The van der Waals surface area contributed by atoms with E-state index in [4.69, 9.17) is 0 Å². The molecule has 1 amide bonds. The number of rotatable bonds is 5. The quantitative estimate of drug-likeness (QED) is 0.640. The van der Waals surface area contributed by atoms with Gasteiger partial charge in [-0.15, -0.1) is 0 Å². The van der Waals surface area contributed by atoms with Crippen molar-refractivity contribution in [2.75, 3.05) is 6.54 Å². The van der Waals surface area contributed by atoms with Gasteiger partial charge in [-0.25, -0.2) is 4.39 Å². The number of halogens is 4. The van der Waals surface area contributed by atoms with Crippen molar-refractivity contribution in [1.29, 1.82) is 0 Å². The van der Waals surface area contributed by atoms with Gasteiger partial charge < -0.3 is 10.3 Å². The Bertz CT molecular complexity index is 916. The third kappa shape index (κ3) is 4.22. The number of carbonyl (C=O) groups excluding carboxylic acids is 1.